The summed E-state index contributed by atoms with van der Waals surface area (Å²) in [5, 5.41) is 13.8. The fraction of sp³-hybridized carbons (Fsp3) is 0.423. The van der Waals surface area contributed by atoms with Crippen LogP contribution < -0.4 is 5.32 Å². The molecule has 3 rings (SSSR count). The van der Waals surface area contributed by atoms with E-state index in [2.05, 4.69) is 11.4 Å². The molecule has 5 nitrogen and oxygen atoms in total. The Hall–Kier alpha value is -2.55. The molecule has 1 saturated heterocycles. The summed E-state index contributed by atoms with van der Waals surface area (Å²) in [6.45, 7) is 8.78. The lowest BCUT2D eigenvalue weighted by Crippen LogP contribution is -2.45. The molecule has 0 bridgehead atoms. The predicted octanol–water partition coefficient (Wildman–Crippen LogP) is 6.18. The topological polar surface area (TPSA) is 73.2 Å². The second kappa shape index (κ2) is 10.2. The normalized spacial score (nSPS) is 15.6. The molecule has 174 valence electrons. The van der Waals surface area contributed by atoms with Crippen molar-refractivity contribution in [2.75, 3.05) is 18.4 Å². The monoisotopic (exact) mass is 485 g/mol. The Bertz CT molecular complexity index is 1080. The van der Waals surface area contributed by atoms with Gasteiger partial charge in [0, 0.05) is 40.2 Å². The number of benzene rings is 2. The molecule has 1 unspecified atom stereocenters. The third-order valence-corrected chi connectivity index (χ3v) is 6.62. The van der Waals surface area contributed by atoms with Crippen LogP contribution in [0.25, 0.3) is 0 Å². The van der Waals surface area contributed by atoms with Crippen molar-refractivity contribution in [1.29, 1.82) is 5.26 Å². The smallest absolute Gasteiger partial charge is 0.227 e. The zero-order valence-corrected chi connectivity index (χ0v) is 20.9. The number of nitrogens with zero attached hydrogens (tertiary/aromatic N) is 2. The lowest BCUT2D eigenvalue weighted by atomic mass is 9.90. The van der Waals surface area contributed by atoms with Gasteiger partial charge in [0.05, 0.1) is 12.0 Å². The summed E-state index contributed by atoms with van der Waals surface area (Å²) >= 11 is 12.5. The summed E-state index contributed by atoms with van der Waals surface area (Å²) in [4.78, 5) is 27.2. The second-order valence-electron chi connectivity index (χ2n) is 9.61. The highest BCUT2D eigenvalue weighted by Crippen LogP contribution is 2.35. The number of amides is 2. The van der Waals surface area contributed by atoms with Crippen molar-refractivity contribution >= 4 is 40.7 Å². The summed E-state index contributed by atoms with van der Waals surface area (Å²) < 4.78 is 0. The Morgan fingerprint density at radius 1 is 1.12 bits per heavy atom. The number of nitrogens with one attached hydrogen (secondary N) is 1. The minimum Gasteiger partial charge on any atom is -0.342 e. The molecule has 0 aliphatic carbocycles. The Balaban J connectivity index is 1.71. The van der Waals surface area contributed by atoms with Gasteiger partial charge >= 0.3 is 0 Å². The SMILES string of the molecule is Cc1cc(C(C#N)c2ccc(Cl)cc2)c(Cl)cc1NC(=O)C1CCN(C(=O)C(C)(C)C)CC1. The summed E-state index contributed by atoms with van der Waals surface area (Å²) in [6, 6.07) is 13.0. The molecule has 2 aromatic rings. The van der Waals surface area contributed by atoms with Crippen molar-refractivity contribution < 1.29 is 9.59 Å². The van der Waals surface area contributed by atoms with E-state index >= 15 is 0 Å². The number of rotatable bonds is 4. The number of aryl methyl sites for hydroxylation is 1. The molecule has 0 saturated carbocycles. The van der Waals surface area contributed by atoms with Crippen LogP contribution in [0.1, 0.15) is 56.2 Å². The van der Waals surface area contributed by atoms with Crippen LogP contribution in [0.5, 0.6) is 0 Å². The zero-order chi connectivity index (χ0) is 24.3. The highest BCUT2D eigenvalue weighted by molar-refractivity contribution is 6.32. The largest absolute Gasteiger partial charge is 0.342 e. The number of hydrogen-bond donors (Lipinski definition) is 1. The zero-order valence-electron chi connectivity index (χ0n) is 19.4. The van der Waals surface area contributed by atoms with Gasteiger partial charge in [-0.15, -0.1) is 0 Å². The van der Waals surface area contributed by atoms with Crippen molar-refractivity contribution in [2.45, 2.75) is 46.5 Å². The third kappa shape index (κ3) is 5.88. The fourth-order valence-electron chi connectivity index (χ4n) is 4.09. The van der Waals surface area contributed by atoms with Crippen LogP contribution in [0, 0.1) is 29.6 Å². The van der Waals surface area contributed by atoms with Gasteiger partial charge in [-0.05, 0) is 54.7 Å². The van der Waals surface area contributed by atoms with Gasteiger partial charge < -0.3 is 10.2 Å². The molecule has 2 amide bonds. The Morgan fingerprint density at radius 2 is 1.73 bits per heavy atom. The number of hydrogen-bond acceptors (Lipinski definition) is 3. The highest BCUT2D eigenvalue weighted by Gasteiger charge is 2.32. The molecule has 0 radical (unpaired) electrons. The fourth-order valence-corrected chi connectivity index (χ4v) is 4.49. The average Bonchev–Trinajstić information content (AvgIpc) is 2.77. The van der Waals surface area contributed by atoms with Crippen molar-refractivity contribution in [3.8, 4) is 6.07 Å². The molecular weight excluding hydrogens is 457 g/mol. The molecule has 1 atom stereocenters. The standard InChI is InChI=1S/C26H29Cl2N3O2/c1-16-13-20(21(15-29)17-5-7-19(27)8-6-17)22(28)14-23(16)30-24(32)18-9-11-31(12-10-18)25(33)26(2,3)4/h5-8,13-14,18,21H,9-12H2,1-4H3,(H,30,32). The highest BCUT2D eigenvalue weighted by atomic mass is 35.5. The summed E-state index contributed by atoms with van der Waals surface area (Å²) in [5.74, 6) is -0.651. The molecule has 7 heteroatoms. The Kier molecular flexibility index (Phi) is 7.72. The summed E-state index contributed by atoms with van der Waals surface area (Å²) in [5.41, 5.74) is 2.53. The molecular formula is C26H29Cl2N3O2. The van der Waals surface area contributed by atoms with E-state index < -0.39 is 11.3 Å². The number of anilines is 1. The van der Waals surface area contributed by atoms with Crippen molar-refractivity contribution in [2.24, 2.45) is 11.3 Å². The molecule has 33 heavy (non-hydrogen) atoms. The van der Waals surface area contributed by atoms with E-state index in [-0.39, 0.29) is 17.7 Å². The van der Waals surface area contributed by atoms with Crippen LogP contribution in [0.4, 0.5) is 5.69 Å². The van der Waals surface area contributed by atoms with E-state index in [1.165, 1.54) is 0 Å². The summed E-state index contributed by atoms with van der Waals surface area (Å²) in [7, 11) is 0. The lowest BCUT2D eigenvalue weighted by molar-refractivity contribution is -0.142. The maximum Gasteiger partial charge on any atom is 0.227 e. The van der Waals surface area contributed by atoms with Gasteiger partial charge in [-0.1, -0.05) is 62.2 Å². The average molecular weight is 486 g/mol. The van der Waals surface area contributed by atoms with Gasteiger partial charge in [0.15, 0.2) is 0 Å². The van der Waals surface area contributed by atoms with Crippen LogP contribution in [-0.4, -0.2) is 29.8 Å². The molecule has 0 spiro atoms. The number of halogens is 2. The third-order valence-electron chi connectivity index (χ3n) is 6.04. The minimum atomic E-state index is -0.539. The molecule has 0 aromatic heterocycles. The van der Waals surface area contributed by atoms with Crippen LogP contribution in [0.2, 0.25) is 10.0 Å². The number of likely N-dealkylation sites (tertiary alicyclic amines) is 1. The molecule has 1 fully saturated rings. The minimum absolute atomic E-state index is 0.0701. The van der Waals surface area contributed by atoms with E-state index in [9.17, 15) is 14.9 Å². The molecule has 1 aliphatic heterocycles. The van der Waals surface area contributed by atoms with Gasteiger partial charge in [-0.25, -0.2) is 0 Å². The van der Waals surface area contributed by atoms with Crippen LogP contribution >= 0.6 is 23.2 Å². The first-order valence-corrected chi connectivity index (χ1v) is 11.8. The van der Waals surface area contributed by atoms with Crippen LogP contribution in [-0.2, 0) is 9.59 Å². The van der Waals surface area contributed by atoms with E-state index in [0.29, 0.717) is 47.2 Å². The van der Waals surface area contributed by atoms with E-state index in [1.54, 1.807) is 18.2 Å². The Labute approximate surface area is 205 Å². The lowest BCUT2D eigenvalue weighted by Gasteiger charge is -2.35. The van der Waals surface area contributed by atoms with Gasteiger partial charge in [0.2, 0.25) is 11.8 Å². The number of carbonyl (C=O) groups excluding carboxylic acids is 2. The maximum atomic E-state index is 12.9. The first-order chi connectivity index (χ1) is 15.5. The summed E-state index contributed by atoms with van der Waals surface area (Å²) in [6.07, 6.45) is 1.26. The van der Waals surface area contributed by atoms with Crippen molar-refractivity contribution in [3.05, 3.63) is 63.1 Å². The van der Waals surface area contributed by atoms with Gasteiger partial charge in [0.1, 0.15) is 0 Å². The number of piperidine rings is 1. The van der Waals surface area contributed by atoms with E-state index in [1.807, 2.05) is 50.8 Å². The molecule has 2 aromatic carbocycles. The number of nitriles is 1. The molecule has 1 aliphatic rings. The van der Waals surface area contributed by atoms with E-state index in [4.69, 9.17) is 23.2 Å². The van der Waals surface area contributed by atoms with Crippen LogP contribution in [0.15, 0.2) is 36.4 Å². The quantitative estimate of drug-likeness (QED) is 0.561. The van der Waals surface area contributed by atoms with Gasteiger partial charge in [-0.2, -0.15) is 5.26 Å². The number of carbonyl (C=O) groups is 2. The first kappa shape index (κ1) is 25.1. The van der Waals surface area contributed by atoms with Gasteiger partial charge in [0.25, 0.3) is 0 Å². The molecule has 1 N–H and O–H groups in total. The first-order valence-electron chi connectivity index (χ1n) is 11.1. The molecule has 1 heterocycles. The van der Waals surface area contributed by atoms with Crippen molar-refractivity contribution in [3.63, 3.8) is 0 Å². The van der Waals surface area contributed by atoms with Gasteiger partial charge in [-0.3, -0.25) is 9.59 Å². The van der Waals surface area contributed by atoms with Crippen LogP contribution in [0.3, 0.4) is 0 Å². The van der Waals surface area contributed by atoms with Crippen molar-refractivity contribution in [1.82, 2.24) is 4.90 Å². The van der Waals surface area contributed by atoms with E-state index in [0.717, 1.165) is 11.1 Å². The second-order valence-corrected chi connectivity index (χ2v) is 10.5. The predicted molar refractivity (Wildman–Crippen MR) is 132 cm³/mol. The Morgan fingerprint density at radius 3 is 2.27 bits per heavy atom. The maximum absolute atomic E-state index is 12.9.